The lowest BCUT2D eigenvalue weighted by Gasteiger charge is -2.07. The number of nitrogens with one attached hydrogen (secondary N) is 1. The minimum absolute atomic E-state index is 0.138. The lowest BCUT2D eigenvalue weighted by Crippen LogP contribution is -2.21. The molecule has 0 aliphatic rings. The summed E-state index contributed by atoms with van der Waals surface area (Å²) < 4.78 is 0. The van der Waals surface area contributed by atoms with Gasteiger partial charge in [-0.3, -0.25) is 0 Å². The SMILES string of the molecule is CCC(C#N)CNCc1ccccc1. The topological polar surface area (TPSA) is 35.8 Å². The van der Waals surface area contributed by atoms with Crippen molar-refractivity contribution in [3.05, 3.63) is 35.9 Å². The van der Waals surface area contributed by atoms with Crippen LogP contribution < -0.4 is 5.32 Å². The van der Waals surface area contributed by atoms with E-state index in [2.05, 4.69) is 23.5 Å². The van der Waals surface area contributed by atoms with Crippen LogP contribution in [0.4, 0.5) is 0 Å². The minimum Gasteiger partial charge on any atom is -0.311 e. The van der Waals surface area contributed by atoms with E-state index in [0.717, 1.165) is 19.5 Å². The molecule has 0 heterocycles. The van der Waals surface area contributed by atoms with Gasteiger partial charge in [0.2, 0.25) is 0 Å². The molecule has 1 N–H and O–H groups in total. The van der Waals surface area contributed by atoms with E-state index in [-0.39, 0.29) is 5.92 Å². The van der Waals surface area contributed by atoms with Gasteiger partial charge in [-0.25, -0.2) is 0 Å². The number of benzene rings is 1. The van der Waals surface area contributed by atoms with Crippen molar-refractivity contribution in [2.75, 3.05) is 6.54 Å². The lowest BCUT2D eigenvalue weighted by atomic mass is 10.1. The van der Waals surface area contributed by atoms with Crippen molar-refractivity contribution in [3.63, 3.8) is 0 Å². The van der Waals surface area contributed by atoms with E-state index < -0.39 is 0 Å². The van der Waals surface area contributed by atoms with E-state index >= 15 is 0 Å². The number of nitriles is 1. The van der Waals surface area contributed by atoms with Gasteiger partial charge in [-0.1, -0.05) is 37.3 Å². The molecule has 0 aromatic heterocycles. The third kappa shape index (κ3) is 3.59. The van der Waals surface area contributed by atoms with Crippen molar-refractivity contribution in [2.24, 2.45) is 5.92 Å². The smallest absolute Gasteiger partial charge is 0.0669 e. The van der Waals surface area contributed by atoms with Crippen LogP contribution >= 0.6 is 0 Å². The molecule has 2 heteroatoms. The van der Waals surface area contributed by atoms with Gasteiger partial charge in [0, 0.05) is 13.1 Å². The summed E-state index contributed by atoms with van der Waals surface area (Å²) in [5.74, 6) is 0.138. The molecule has 0 radical (unpaired) electrons. The van der Waals surface area contributed by atoms with Crippen LogP contribution in [0.15, 0.2) is 30.3 Å². The van der Waals surface area contributed by atoms with Crippen LogP contribution in [-0.2, 0) is 6.54 Å². The second kappa shape index (κ2) is 6.17. The van der Waals surface area contributed by atoms with Gasteiger partial charge in [0.05, 0.1) is 12.0 Å². The Morgan fingerprint density at radius 2 is 2.07 bits per heavy atom. The zero-order valence-corrected chi connectivity index (χ0v) is 8.53. The molecule has 1 rings (SSSR count). The molecular formula is C12H16N2. The van der Waals surface area contributed by atoms with Crippen molar-refractivity contribution < 1.29 is 0 Å². The lowest BCUT2D eigenvalue weighted by molar-refractivity contribution is 0.553. The Hall–Kier alpha value is -1.33. The third-order valence-corrected chi connectivity index (χ3v) is 2.24. The van der Waals surface area contributed by atoms with E-state index in [1.807, 2.05) is 25.1 Å². The summed E-state index contributed by atoms with van der Waals surface area (Å²) in [7, 11) is 0. The Kier molecular flexibility index (Phi) is 4.74. The van der Waals surface area contributed by atoms with Crippen LogP contribution in [0, 0.1) is 17.2 Å². The highest BCUT2D eigenvalue weighted by Crippen LogP contribution is 2.00. The third-order valence-electron chi connectivity index (χ3n) is 2.24. The molecule has 0 fully saturated rings. The van der Waals surface area contributed by atoms with Crippen LogP contribution in [0.1, 0.15) is 18.9 Å². The van der Waals surface area contributed by atoms with Crippen LogP contribution in [0.5, 0.6) is 0 Å². The fourth-order valence-corrected chi connectivity index (χ4v) is 1.27. The summed E-state index contributed by atoms with van der Waals surface area (Å²) in [5, 5.41) is 12.0. The highest BCUT2D eigenvalue weighted by molar-refractivity contribution is 5.14. The summed E-state index contributed by atoms with van der Waals surface area (Å²) in [6, 6.07) is 12.5. The van der Waals surface area contributed by atoms with Crippen LogP contribution in [0.2, 0.25) is 0 Å². The first-order valence-electron chi connectivity index (χ1n) is 5.01. The summed E-state index contributed by atoms with van der Waals surface area (Å²) in [5.41, 5.74) is 1.26. The standard InChI is InChI=1S/C12H16N2/c1-2-11(8-13)9-14-10-12-6-4-3-5-7-12/h3-7,11,14H,2,9-10H2,1H3. The average Bonchev–Trinajstić information content (AvgIpc) is 2.26. The Morgan fingerprint density at radius 3 is 2.64 bits per heavy atom. The molecule has 14 heavy (non-hydrogen) atoms. The second-order valence-electron chi connectivity index (χ2n) is 3.35. The molecule has 0 bridgehead atoms. The fraction of sp³-hybridized carbons (Fsp3) is 0.417. The predicted molar refractivity (Wildman–Crippen MR) is 57.5 cm³/mol. The maximum Gasteiger partial charge on any atom is 0.0669 e. The van der Waals surface area contributed by atoms with E-state index in [9.17, 15) is 0 Å². The van der Waals surface area contributed by atoms with E-state index in [0.29, 0.717) is 0 Å². The van der Waals surface area contributed by atoms with Gasteiger partial charge < -0.3 is 5.32 Å². The quantitative estimate of drug-likeness (QED) is 0.769. The zero-order chi connectivity index (χ0) is 10.2. The highest BCUT2D eigenvalue weighted by atomic mass is 14.9. The van der Waals surface area contributed by atoms with E-state index in [4.69, 9.17) is 5.26 Å². The zero-order valence-electron chi connectivity index (χ0n) is 8.53. The first-order chi connectivity index (χ1) is 6.86. The first kappa shape index (κ1) is 10.7. The van der Waals surface area contributed by atoms with Gasteiger partial charge in [-0.15, -0.1) is 0 Å². The largest absolute Gasteiger partial charge is 0.311 e. The number of hydrogen-bond donors (Lipinski definition) is 1. The summed E-state index contributed by atoms with van der Waals surface area (Å²) in [6.07, 6.45) is 0.915. The Morgan fingerprint density at radius 1 is 1.36 bits per heavy atom. The van der Waals surface area contributed by atoms with E-state index in [1.165, 1.54) is 5.56 Å². The predicted octanol–water partition coefficient (Wildman–Crippen LogP) is 2.33. The first-order valence-corrected chi connectivity index (χ1v) is 5.01. The molecule has 2 nitrogen and oxygen atoms in total. The van der Waals surface area contributed by atoms with Crippen LogP contribution in [0.25, 0.3) is 0 Å². The van der Waals surface area contributed by atoms with E-state index in [1.54, 1.807) is 0 Å². The van der Waals surface area contributed by atoms with Crippen molar-refractivity contribution in [2.45, 2.75) is 19.9 Å². The van der Waals surface area contributed by atoms with Crippen molar-refractivity contribution in [3.8, 4) is 6.07 Å². The van der Waals surface area contributed by atoms with Gasteiger partial charge >= 0.3 is 0 Å². The number of rotatable bonds is 5. The Balaban J connectivity index is 2.26. The molecule has 0 aliphatic heterocycles. The molecule has 1 aromatic rings. The Bertz CT molecular complexity index is 287. The van der Waals surface area contributed by atoms with Gasteiger partial charge in [-0.05, 0) is 12.0 Å². The van der Waals surface area contributed by atoms with Gasteiger partial charge in [-0.2, -0.15) is 5.26 Å². The molecule has 0 saturated heterocycles. The summed E-state index contributed by atoms with van der Waals surface area (Å²) >= 11 is 0. The van der Waals surface area contributed by atoms with Crippen molar-refractivity contribution >= 4 is 0 Å². The molecule has 0 amide bonds. The molecular weight excluding hydrogens is 172 g/mol. The molecule has 1 atom stereocenters. The summed E-state index contributed by atoms with van der Waals surface area (Å²) in [4.78, 5) is 0. The normalized spacial score (nSPS) is 12.0. The molecule has 1 unspecified atom stereocenters. The monoisotopic (exact) mass is 188 g/mol. The second-order valence-corrected chi connectivity index (χ2v) is 3.35. The van der Waals surface area contributed by atoms with Crippen molar-refractivity contribution in [1.82, 2.24) is 5.32 Å². The molecule has 0 saturated carbocycles. The number of hydrogen-bond acceptors (Lipinski definition) is 2. The molecule has 74 valence electrons. The van der Waals surface area contributed by atoms with Gasteiger partial charge in [0.15, 0.2) is 0 Å². The van der Waals surface area contributed by atoms with Crippen molar-refractivity contribution in [1.29, 1.82) is 5.26 Å². The highest BCUT2D eigenvalue weighted by Gasteiger charge is 2.02. The summed E-state index contributed by atoms with van der Waals surface area (Å²) in [6.45, 7) is 3.67. The average molecular weight is 188 g/mol. The molecule has 1 aromatic carbocycles. The fourth-order valence-electron chi connectivity index (χ4n) is 1.27. The number of nitrogens with zero attached hydrogens (tertiary/aromatic N) is 1. The van der Waals surface area contributed by atoms with Gasteiger partial charge in [0.1, 0.15) is 0 Å². The Labute approximate surface area is 85.6 Å². The minimum atomic E-state index is 0.138. The maximum absolute atomic E-state index is 8.73. The van der Waals surface area contributed by atoms with Gasteiger partial charge in [0.25, 0.3) is 0 Å². The molecule has 0 spiro atoms. The van der Waals surface area contributed by atoms with Crippen LogP contribution in [-0.4, -0.2) is 6.54 Å². The van der Waals surface area contributed by atoms with Crippen LogP contribution in [0.3, 0.4) is 0 Å². The maximum atomic E-state index is 8.73. The molecule has 0 aliphatic carbocycles.